The van der Waals surface area contributed by atoms with Gasteiger partial charge in [-0.15, -0.1) is 0 Å². The lowest BCUT2D eigenvalue weighted by Gasteiger charge is -2.31. The monoisotopic (exact) mass is 411 g/mol. The molecule has 0 spiro atoms. The molecule has 1 N–H and O–H groups in total. The molecule has 0 atom stereocenters. The van der Waals surface area contributed by atoms with Gasteiger partial charge in [-0.2, -0.15) is 0 Å². The van der Waals surface area contributed by atoms with Gasteiger partial charge in [0.1, 0.15) is 18.0 Å². The van der Waals surface area contributed by atoms with Crippen molar-refractivity contribution in [3.8, 4) is 11.5 Å². The van der Waals surface area contributed by atoms with E-state index in [9.17, 15) is 14.4 Å². The van der Waals surface area contributed by atoms with Crippen molar-refractivity contribution in [1.29, 1.82) is 0 Å². The fourth-order valence-electron chi connectivity index (χ4n) is 3.23. The van der Waals surface area contributed by atoms with Crippen molar-refractivity contribution in [2.75, 3.05) is 43.6 Å². The number of anilines is 2. The van der Waals surface area contributed by atoms with Crippen molar-refractivity contribution in [3.05, 3.63) is 48.0 Å². The highest BCUT2D eigenvalue weighted by molar-refractivity contribution is 6.06. The molecule has 0 aromatic heterocycles. The molecule has 0 radical (unpaired) electrons. The molecule has 1 aliphatic heterocycles. The van der Waals surface area contributed by atoms with Gasteiger partial charge in [0.25, 0.3) is 11.8 Å². The highest BCUT2D eigenvalue weighted by Crippen LogP contribution is 2.34. The molecule has 30 heavy (non-hydrogen) atoms. The minimum atomic E-state index is -0.317. The van der Waals surface area contributed by atoms with Crippen LogP contribution in [-0.2, 0) is 9.59 Å². The Bertz CT molecular complexity index is 956. The van der Waals surface area contributed by atoms with Crippen LogP contribution in [0.3, 0.4) is 0 Å². The fourth-order valence-corrected chi connectivity index (χ4v) is 3.23. The highest BCUT2D eigenvalue weighted by atomic mass is 16.5. The van der Waals surface area contributed by atoms with E-state index in [1.54, 1.807) is 47.4 Å². The van der Waals surface area contributed by atoms with Crippen LogP contribution in [-0.4, -0.2) is 56.0 Å². The third-order valence-corrected chi connectivity index (χ3v) is 4.90. The van der Waals surface area contributed by atoms with Crippen molar-refractivity contribution in [2.24, 2.45) is 0 Å². The predicted molar refractivity (Wildman–Crippen MR) is 113 cm³/mol. The Morgan fingerprint density at radius 2 is 1.93 bits per heavy atom. The van der Waals surface area contributed by atoms with Crippen LogP contribution < -0.4 is 19.7 Å². The van der Waals surface area contributed by atoms with Crippen LogP contribution in [0.2, 0.25) is 0 Å². The van der Waals surface area contributed by atoms with Gasteiger partial charge in [-0.3, -0.25) is 19.3 Å². The average Bonchev–Trinajstić information content (AvgIpc) is 2.76. The molecular weight excluding hydrogens is 386 g/mol. The number of ether oxygens (including phenoxy) is 2. The summed E-state index contributed by atoms with van der Waals surface area (Å²) in [6.07, 6.45) is 0. The van der Waals surface area contributed by atoms with Crippen LogP contribution in [0.5, 0.6) is 11.5 Å². The molecule has 0 saturated carbocycles. The normalized spacial score (nSPS) is 12.6. The summed E-state index contributed by atoms with van der Waals surface area (Å²) >= 11 is 0. The highest BCUT2D eigenvalue weighted by Gasteiger charge is 2.29. The summed E-state index contributed by atoms with van der Waals surface area (Å²) in [5, 5.41) is 2.81. The van der Waals surface area contributed by atoms with Gasteiger partial charge < -0.3 is 19.7 Å². The lowest BCUT2D eigenvalue weighted by molar-refractivity contribution is -0.131. The Morgan fingerprint density at radius 1 is 1.17 bits per heavy atom. The van der Waals surface area contributed by atoms with Gasteiger partial charge in [0.2, 0.25) is 5.91 Å². The number of hydrogen-bond donors (Lipinski definition) is 1. The number of rotatable bonds is 7. The van der Waals surface area contributed by atoms with E-state index in [0.29, 0.717) is 41.5 Å². The fraction of sp³-hybridized carbons (Fsp3) is 0.318. The molecular formula is C22H25N3O5. The third kappa shape index (κ3) is 4.53. The number of nitrogens with one attached hydrogen (secondary N) is 1. The first kappa shape index (κ1) is 21.2. The third-order valence-electron chi connectivity index (χ3n) is 4.90. The number of nitrogens with zero attached hydrogens (tertiary/aromatic N) is 2. The SMILES string of the molecule is CCN(CC)C(=O)CN1C(=O)COc2ccc(NC(=O)c3cccc(OC)c3)cc21. The molecule has 0 bridgehead atoms. The number of amides is 3. The van der Waals surface area contributed by atoms with Crippen LogP contribution in [0.1, 0.15) is 24.2 Å². The van der Waals surface area contributed by atoms with E-state index in [1.807, 2.05) is 13.8 Å². The Morgan fingerprint density at radius 3 is 2.63 bits per heavy atom. The molecule has 3 amide bonds. The molecule has 0 saturated heterocycles. The molecule has 1 heterocycles. The molecule has 0 unspecified atom stereocenters. The largest absolute Gasteiger partial charge is 0.497 e. The maximum Gasteiger partial charge on any atom is 0.265 e. The zero-order valence-corrected chi connectivity index (χ0v) is 17.3. The van der Waals surface area contributed by atoms with E-state index in [0.717, 1.165) is 0 Å². The number of carbonyl (C=O) groups is 3. The number of benzene rings is 2. The molecule has 0 fully saturated rings. The lowest BCUT2D eigenvalue weighted by Crippen LogP contribution is -2.46. The summed E-state index contributed by atoms with van der Waals surface area (Å²) in [4.78, 5) is 40.7. The second-order valence-corrected chi connectivity index (χ2v) is 6.70. The first-order valence-corrected chi connectivity index (χ1v) is 9.77. The second kappa shape index (κ2) is 9.30. The lowest BCUT2D eigenvalue weighted by atomic mass is 10.1. The van der Waals surface area contributed by atoms with Gasteiger partial charge in [-0.25, -0.2) is 0 Å². The first-order chi connectivity index (χ1) is 14.5. The van der Waals surface area contributed by atoms with E-state index in [4.69, 9.17) is 9.47 Å². The summed E-state index contributed by atoms with van der Waals surface area (Å²) in [5.74, 6) is 0.295. The quantitative estimate of drug-likeness (QED) is 0.757. The number of methoxy groups -OCH3 is 1. The zero-order chi connectivity index (χ0) is 21.7. The van der Waals surface area contributed by atoms with Crippen molar-refractivity contribution in [2.45, 2.75) is 13.8 Å². The number of hydrogen-bond acceptors (Lipinski definition) is 5. The maximum absolute atomic E-state index is 12.6. The van der Waals surface area contributed by atoms with Gasteiger partial charge in [0, 0.05) is 24.3 Å². The van der Waals surface area contributed by atoms with E-state index in [1.165, 1.54) is 12.0 Å². The van der Waals surface area contributed by atoms with E-state index in [2.05, 4.69) is 5.32 Å². The minimum absolute atomic E-state index is 0.0792. The van der Waals surface area contributed by atoms with Crippen LogP contribution >= 0.6 is 0 Å². The number of likely N-dealkylation sites (N-methyl/N-ethyl adjacent to an activating group) is 1. The van der Waals surface area contributed by atoms with Crippen molar-refractivity contribution >= 4 is 29.1 Å². The van der Waals surface area contributed by atoms with E-state index in [-0.39, 0.29) is 30.9 Å². The van der Waals surface area contributed by atoms with E-state index >= 15 is 0 Å². The Labute approximate surface area is 175 Å². The van der Waals surface area contributed by atoms with Gasteiger partial charge in [0.05, 0.1) is 12.8 Å². The number of carbonyl (C=O) groups excluding carboxylic acids is 3. The summed E-state index contributed by atoms with van der Waals surface area (Å²) in [7, 11) is 1.53. The van der Waals surface area contributed by atoms with Gasteiger partial charge in [-0.05, 0) is 50.2 Å². The second-order valence-electron chi connectivity index (χ2n) is 6.70. The molecule has 8 heteroatoms. The Balaban J connectivity index is 1.83. The molecule has 8 nitrogen and oxygen atoms in total. The average molecular weight is 411 g/mol. The topological polar surface area (TPSA) is 88.2 Å². The van der Waals surface area contributed by atoms with Gasteiger partial charge >= 0.3 is 0 Å². The molecule has 1 aliphatic rings. The predicted octanol–water partition coefficient (Wildman–Crippen LogP) is 2.54. The Hall–Kier alpha value is -3.55. The van der Waals surface area contributed by atoms with Crippen molar-refractivity contribution < 1.29 is 23.9 Å². The zero-order valence-electron chi connectivity index (χ0n) is 17.3. The Kier molecular flexibility index (Phi) is 6.56. The van der Waals surface area contributed by atoms with Crippen LogP contribution in [0, 0.1) is 0 Å². The molecule has 2 aromatic rings. The summed E-state index contributed by atoms with van der Waals surface area (Å²) in [5.41, 5.74) is 1.38. The number of fused-ring (bicyclic) bond motifs is 1. The molecule has 3 rings (SSSR count). The summed E-state index contributed by atoms with van der Waals surface area (Å²) in [6, 6.07) is 11.8. The smallest absolute Gasteiger partial charge is 0.265 e. The van der Waals surface area contributed by atoms with Crippen molar-refractivity contribution in [1.82, 2.24) is 4.90 Å². The van der Waals surface area contributed by atoms with E-state index < -0.39 is 0 Å². The first-order valence-electron chi connectivity index (χ1n) is 9.77. The minimum Gasteiger partial charge on any atom is -0.497 e. The summed E-state index contributed by atoms with van der Waals surface area (Å²) < 4.78 is 10.6. The van der Waals surface area contributed by atoms with Gasteiger partial charge in [0.15, 0.2) is 6.61 Å². The maximum atomic E-state index is 12.6. The van der Waals surface area contributed by atoms with Crippen LogP contribution in [0.15, 0.2) is 42.5 Å². The molecule has 2 aromatic carbocycles. The standard InChI is InChI=1S/C22H25N3O5/c1-4-24(5-2)20(26)13-25-18-12-16(9-10-19(18)30-14-21(25)27)23-22(28)15-7-6-8-17(11-15)29-3/h6-12H,4-5,13-14H2,1-3H3,(H,23,28). The molecule has 158 valence electrons. The molecule has 0 aliphatic carbocycles. The van der Waals surface area contributed by atoms with Crippen LogP contribution in [0.25, 0.3) is 0 Å². The van der Waals surface area contributed by atoms with Crippen LogP contribution in [0.4, 0.5) is 11.4 Å². The van der Waals surface area contributed by atoms with Gasteiger partial charge in [-0.1, -0.05) is 6.07 Å². The van der Waals surface area contributed by atoms with Crippen molar-refractivity contribution in [3.63, 3.8) is 0 Å². The summed E-state index contributed by atoms with van der Waals surface area (Å²) in [6.45, 7) is 4.71.